The summed E-state index contributed by atoms with van der Waals surface area (Å²) in [5.41, 5.74) is 2.42. The number of nitrogens with zero attached hydrogens (tertiary/aromatic N) is 2. The zero-order valence-corrected chi connectivity index (χ0v) is 16.3. The summed E-state index contributed by atoms with van der Waals surface area (Å²) in [5, 5.41) is 2.73. The molecule has 0 bridgehead atoms. The Morgan fingerprint density at radius 1 is 0.966 bits per heavy atom. The number of benzene rings is 2. The number of likely N-dealkylation sites (tertiary alicyclic amines) is 1. The standard InChI is InChI=1S/C23H25N3O3/c27-21-9-5-14-25(21)19-12-10-18(11-13-19)23(29)24-16-22(28)26-15-4-8-20(26)17-6-2-1-3-7-17/h1-3,6-7,10-13,20H,4-5,8-9,14-16H2,(H,24,29). The van der Waals surface area contributed by atoms with Crippen molar-refractivity contribution in [3.8, 4) is 0 Å². The minimum atomic E-state index is -0.284. The van der Waals surface area contributed by atoms with Crippen LogP contribution in [0.5, 0.6) is 0 Å². The molecule has 2 aliphatic heterocycles. The molecule has 4 rings (SSSR count). The maximum atomic E-state index is 12.7. The first kappa shape index (κ1) is 19.2. The highest BCUT2D eigenvalue weighted by molar-refractivity contribution is 5.98. The van der Waals surface area contributed by atoms with Gasteiger partial charge in [0.05, 0.1) is 12.6 Å². The molecule has 3 amide bonds. The van der Waals surface area contributed by atoms with Crippen molar-refractivity contribution in [3.05, 3.63) is 65.7 Å². The first-order chi connectivity index (χ1) is 14.1. The number of anilines is 1. The lowest BCUT2D eigenvalue weighted by molar-refractivity contribution is -0.131. The van der Waals surface area contributed by atoms with Gasteiger partial charge in [0.25, 0.3) is 5.91 Å². The minimum absolute atomic E-state index is 0.0193. The number of amides is 3. The van der Waals surface area contributed by atoms with E-state index in [1.807, 2.05) is 35.2 Å². The van der Waals surface area contributed by atoms with Gasteiger partial charge in [0.15, 0.2) is 0 Å². The zero-order valence-electron chi connectivity index (χ0n) is 16.3. The summed E-state index contributed by atoms with van der Waals surface area (Å²) in [4.78, 5) is 40.6. The van der Waals surface area contributed by atoms with Crippen molar-refractivity contribution in [1.29, 1.82) is 0 Å². The second-order valence-corrected chi connectivity index (χ2v) is 7.53. The Balaban J connectivity index is 1.34. The fraction of sp³-hybridized carbons (Fsp3) is 0.348. The van der Waals surface area contributed by atoms with Gasteiger partial charge in [-0.1, -0.05) is 30.3 Å². The van der Waals surface area contributed by atoms with Crippen molar-refractivity contribution in [3.63, 3.8) is 0 Å². The van der Waals surface area contributed by atoms with Gasteiger partial charge in [-0.15, -0.1) is 0 Å². The van der Waals surface area contributed by atoms with Gasteiger partial charge in [0.2, 0.25) is 11.8 Å². The molecular weight excluding hydrogens is 366 g/mol. The Morgan fingerprint density at radius 2 is 1.72 bits per heavy atom. The third-order valence-electron chi connectivity index (χ3n) is 5.67. The predicted molar refractivity (Wildman–Crippen MR) is 110 cm³/mol. The predicted octanol–water partition coefficient (Wildman–Crippen LogP) is 2.91. The van der Waals surface area contributed by atoms with Crippen molar-refractivity contribution in [2.45, 2.75) is 31.7 Å². The first-order valence-electron chi connectivity index (χ1n) is 10.2. The topological polar surface area (TPSA) is 69.7 Å². The van der Waals surface area contributed by atoms with E-state index in [9.17, 15) is 14.4 Å². The number of nitrogens with one attached hydrogen (secondary N) is 1. The Morgan fingerprint density at radius 3 is 2.41 bits per heavy atom. The van der Waals surface area contributed by atoms with Gasteiger partial charge in [-0.2, -0.15) is 0 Å². The van der Waals surface area contributed by atoms with E-state index in [0.717, 1.165) is 37.1 Å². The monoisotopic (exact) mass is 391 g/mol. The highest BCUT2D eigenvalue weighted by atomic mass is 16.2. The van der Waals surface area contributed by atoms with Crippen molar-refractivity contribution < 1.29 is 14.4 Å². The van der Waals surface area contributed by atoms with E-state index in [2.05, 4.69) is 5.32 Å². The average molecular weight is 391 g/mol. The van der Waals surface area contributed by atoms with E-state index in [0.29, 0.717) is 18.5 Å². The number of carbonyl (C=O) groups is 3. The second kappa shape index (κ2) is 8.47. The lowest BCUT2D eigenvalue weighted by Crippen LogP contribution is -2.39. The highest BCUT2D eigenvalue weighted by Crippen LogP contribution is 2.31. The molecule has 0 radical (unpaired) electrons. The maximum absolute atomic E-state index is 12.7. The van der Waals surface area contributed by atoms with Crippen LogP contribution in [-0.2, 0) is 9.59 Å². The van der Waals surface area contributed by atoms with E-state index in [-0.39, 0.29) is 30.3 Å². The summed E-state index contributed by atoms with van der Waals surface area (Å²) in [6, 6.07) is 17.1. The molecule has 2 aliphatic rings. The van der Waals surface area contributed by atoms with Crippen LogP contribution in [0.2, 0.25) is 0 Å². The summed E-state index contributed by atoms with van der Waals surface area (Å²) in [6.45, 7) is 1.42. The van der Waals surface area contributed by atoms with E-state index < -0.39 is 0 Å². The molecule has 1 atom stereocenters. The molecule has 29 heavy (non-hydrogen) atoms. The summed E-state index contributed by atoms with van der Waals surface area (Å²) >= 11 is 0. The Kier molecular flexibility index (Phi) is 5.60. The molecule has 0 saturated carbocycles. The number of hydrogen-bond donors (Lipinski definition) is 1. The second-order valence-electron chi connectivity index (χ2n) is 7.53. The van der Waals surface area contributed by atoms with Crippen molar-refractivity contribution in [2.75, 3.05) is 24.5 Å². The molecule has 0 aliphatic carbocycles. The fourth-order valence-electron chi connectivity index (χ4n) is 4.16. The molecule has 1 N–H and O–H groups in total. The molecule has 0 aromatic heterocycles. The maximum Gasteiger partial charge on any atom is 0.251 e. The minimum Gasteiger partial charge on any atom is -0.343 e. The Bertz CT molecular complexity index is 895. The average Bonchev–Trinajstić information content (AvgIpc) is 3.42. The molecule has 2 heterocycles. The summed E-state index contributed by atoms with van der Waals surface area (Å²) in [7, 11) is 0. The molecule has 2 fully saturated rings. The first-order valence-corrected chi connectivity index (χ1v) is 10.2. The SMILES string of the molecule is O=C(NCC(=O)N1CCCC1c1ccccc1)c1ccc(N2CCCC2=O)cc1. The van der Waals surface area contributed by atoms with E-state index in [1.54, 1.807) is 29.2 Å². The molecular formula is C23H25N3O3. The van der Waals surface area contributed by atoms with Gasteiger partial charge < -0.3 is 15.1 Å². The van der Waals surface area contributed by atoms with Gasteiger partial charge in [0, 0.05) is 30.8 Å². The van der Waals surface area contributed by atoms with Gasteiger partial charge in [-0.3, -0.25) is 14.4 Å². The normalized spacial score (nSPS) is 18.9. The molecule has 1 unspecified atom stereocenters. The van der Waals surface area contributed by atoms with E-state index in [4.69, 9.17) is 0 Å². The van der Waals surface area contributed by atoms with E-state index in [1.165, 1.54) is 0 Å². The lowest BCUT2D eigenvalue weighted by Gasteiger charge is -2.25. The van der Waals surface area contributed by atoms with Crippen LogP contribution in [0.4, 0.5) is 5.69 Å². The van der Waals surface area contributed by atoms with Gasteiger partial charge in [0.1, 0.15) is 0 Å². The molecule has 0 spiro atoms. The quantitative estimate of drug-likeness (QED) is 0.852. The summed E-state index contributed by atoms with van der Waals surface area (Å²) in [6.07, 6.45) is 3.35. The van der Waals surface area contributed by atoms with Crippen LogP contribution in [0.3, 0.4) is 0 Å². The Hall–Kier alpha value is -3.15. The van der Waals surface area contributed by atoms with Gasteiger partial charge in [-0.25, -0.2) is 0 Å². The lowest BCUT2D eigenvalue weighted by atomic mass is 10.0. The molecule has 6 heteroatoms. The van der Waals surface area contributed by atoms with Crippen LogP contribution in [0.25, 0.3) is 0 Å². The molecule has 6 nitrogen and oxygen atoms in total. The van der Waals surface area contributed by atoms with Gasteiger partial charge in [-0.05, 0) is 49.1 Å². The number of rotatable bonds is 5. The van der Waals surface area contributed by atoms with E-state index >= 15 is 0 Å². The Labute approximate surface area is 170 Å². The van der Waals surface area contributed by atoms with Crippen LogP contribution in [0, 0.1) is 0 Å². The van der Waals surface area contributed by atoms with Crippen LogP contribution < -0.4 is 10.2 Å². The molecule has 2 aromatic carbocycles. The van der Waals surface area contributed by atoms with Crippen LogP contribution in [0.1, 0.15) is 47.6 Å². The number of carbonyl (C=O) groups excluding carboxylic acids is 3. The van der Waals surface area contributed by atoms with Crippen molar-refractivity contribution >= 4 is 23.4 Å². The third kappa shape index (κ3) is 4.16. The highest BCUT2D eigenvalue weighted by Gasteiger charge is 2.29. The van der Waals surface area contributed by atoms with Crippen LogP contribution in [0.15, 0.2) is 54.6 Å². The smallest absolute Gasteiger partial charge is 0.251 e. The van der Waals surface area contributed by atoms with Crippen LogP contribution >= 0.6 is 0 Å². The molecule has 2 aromatic rings. The van der Waals surface area contributed by atoms with Crippen molar-refractivity contribution in [2.24, 2.45) is 0 Å². The van der Waals surface area contributed by atoms with Crippen molar-refractivity contribution in [1.82, 2.24) is 10.2 Å². The van der Waals surface area contributed by atoms with Crippen LogP contribution in [-0.4, -0.2) is 42.3 Å². The fourth-order valence-corrected chi connectivity index (χ4v) is 4.16. The van der Waals surface area contributed by atoms with Gasteiger partial charge >= 0.3 is 0 Å². The zero-order chi connectivity index (χ0) is 20.2. The molecule has 150 valence electrons. The molecule has 2 saturated heterocycles. The summed E-state index contributed by atoms with van der Waals surface area (Å²) < 4.78 is 0. The number of hydrogen-bond acceptors (Lipinski definition) is 3. The third-order valence-corrected chi connectivity index (χ3v) is 5.67. The largest absolute Gasteiger partial charge is 0.343 e. The summed E-state index contributed by atoms with van der Waals surface area (Å²) in [5.74, 6) is -0.233.